The molecular formula is C11H15Br2ClN2. The van der Waals surface area contributed by atoms with Crippen LogP contribution in [0, 0.1) is 0 Å². The minimum Gasteiger partial charge on any atom is -0.355 e. The van der Waals surface area contributed by atoms with Crippen LogP contribution in [0.2, 0.25) is 5.02 Å². The number of alkyl halides is 1. The van der Waals surface area contributed by atoms with Crippen molar-refractivity contribution in [3.63, 3.8) is 0 Å². The van der Waals surface area contributed by atoms with Gasteiger partial charge in [0.15, 0.2) is 0 Å². The summed E-state index contributed by atoms with van der Waals surface area (Å²) >= 11 is 13.0. The molecule has 2 nitrogen and oxygen atoms in total. The molecule has 1 aromatic heterocycles. The molecule has 0 saturated heterocycles. The summed E-state index contributed by atoms with van der Waals surface area (Å²) in [4.78, 5) is 6.59. The Morgan fingerprint density at radius 1 is 1.44 bits per heavy atom. The van der Waals surface area contributed by atoms with Gasteiger partial charge in [0.05, 0.1) is 5.02 Å². The summed E-state index contributed by atoms with van der Waals surface area (Å²) in [6.45, 7) is 4.10. The second kappa shape index (κ2) is 7.51. The number of rotatable bonds is 6. The fourth-order valence-corrected chi connectivity index (χ4v) is 2.59. The van der Waals surface area contributed by atoms with Gasteiger partial charge in [-0.2, -0.15) is 0 Å². The second-order valence-electron chi connectivity index (χ2n) is 3.49. The molecule has 0 unspecified atom stereocenters. The van der Waals surface area contributed by atoms with E-state index in [0.29, 0.717) is 5.02 Å². The summed E-state index contributed by atoms with van der Waals surface area (Å²) < 4.78 is 0.913. The Bertz CT molecular complexity index is 334. The molecule has 0 aromatic carbocycles. The standard InChI is InChI=1S/C11H15Br2ClN2/c1-2-3-5-16(6-4-12)11-10(14)7-9(13)8-15-11/h7-8H,2-6H2,1H3. The van der Waals surface area contributed by atoms with Gasteiger partial charge in [0.25, 0.3) is 0 Å². The molecular weight excluding hydrogens is 355 g/mol. The molecule has 0 bridgehead atoms. The summed E-state index contributed by atoms with van der Waals surface area (Å²) in [6, 6.07) is 1.89. The lowest BCUT2D eigenvalue weighted by molar-refractivity contribution is 0.727. The Balaban J connectivity index is 2.82. The third-order valence-corrected chi connectivity index (χ3v) is 3.29. The average Bonchev–Trinajstić information content (AvgIpc) is 2.25. The number of pyridine rings is 1. The maximum Gasteiger partial charge on any atom is 0.147 e. The second-order valence-corrected chi connectivity index (χ2v) is 5.60. The monoisotopic (exact) mass is 368 g/mol. The lowest BCUT2D eigenvalue weighted by atomic mass is 10.3. The van der Waals surface area contributed by atoms with E-state index < -0.39 is 0 Å². The van der Waals surface area contributed by atoms with E-state index in [1.54, 1.807) is 6.20 Å². The molecule has 0 radical (unpaired) electrons. The molecule has 1 aromatic rings. The van der Waals surface area contributed by atoms with Crippen LogP contribution < -0.4 is 4.90 Å². The normalized spacial score (nSPS) is 10.5. The fraction of sp³-hybridized carbons (Fsp3) is 0.545. The highest BCUT2D eigenvalue weighted by Gasteiger charge is 2.11. The van der Waals surface area contributed by atoms with Gasteiger partial charge < -0.3 is 4.90 Å². The summed E-state index contributed by atoms with van der Waals surface area (Å²) in [7, 11) is 0. The zero-order valence-electron chi connectivity index (χ0n) is 9.22. The molecule has 0 atom stereocenters. The number of hydrogen-bond donors (Lipinski definition) is 0. The van der Waals surface area contributed by atoms with Gasteiger partial charge in [0.2, 0.25) is 0 Å². The van der Waals surface area contributed by atoms with E-state index in [9.17, 15) is 0 Å². The summed E-state index contributed by atoms with van der Waals surface area (Å²) in [6.07, 6.45) is 4.11. The van der Waals surface area contributed by atoms with E-state index >= 15 is 0 Å². The summed E-state index contributed by atoms with van der Waals surface area (Å²) in [5.41, 5.74) is 0. The van der Waals surface area contributed by atoms with E-state index in [0.717, 1.165) is 35.1 Å². The Hall–Kier alpha value is 0.200. The minimum absolute atomic E-state index is 0.700. The van der Waals surface area contributed by atoms with Gasteiger partial charge in [-0.25, -0.2) is 4.98 Å². The summed E-state index contributed by atoms with van der Waals surface area (Å²) in [5, 5.41) is 1.62. The minimum atomic E-state index is 0.700. The third kappa shape index (κ3) is 4.22. The molecule has 0 aliphatic rings. The van der Waals surface area contributed by atoms with Crippen LogP contribution in [0.25, 0.3) is 0 Å². The van der Waals surface area contributed by atoms with E-state index in [-0.39, 0.29) is 0 Å². The molecule has 5 heteroatoms. The van der Waals surface area contributed by atoms with Crippen LogP contribution in [0.1, 0.15) is 19.8 Å². The predicted octanol–water partition coefficient (Wildman–Crippen LogP) is 4.50. The van der Waals surface area contributed by atoms with Gasteiger partial charge in [-0.15, -0.1) is 0 Å². The van der Waals surface area contributed by atoms with Gasteiger partial charge in [0.1, 0.15) is 5.82 Å². The first-order valence-corrected chi connectivity index (χ1v) is 7.60. The number of aromatic nitrogens is 1. The first-order chi connectivity index (χ1) is 7.69. The van der Waals surface area contributed by atoms with Crippen molar-refractivity contribution in [1.82, 2.24) is 4.98 Å². The molecule has 0 N–H and O–H groups in total. The first kappa shape index (κ1) is 14.3. The first-order valence-electron chi connectivity index (χ1n) is 5.31. The van der Waals surface area contributed by atoms with Crippen molar-refractivity contribution in [3.8, 4) is 0 Å². The molecule has 0 spiro atoms. The Labute approximate surface area is 119 Å². The van der Waals surface area contributed by atoms with Crippen molar-refractivity contribution in [1.29, 1.82) is 0 Å². The third-order valence-electron chi connectivity index (χ3n) is 2.22. The average molecular weight is 371 g/mol. The van der Waals surface area contributed by atoms with Crippen LogP contribution in [0.5, 0.6) is 0 Å². The number of unbranched alkanes of at least 4 members (excludes halogenated alkanes) is 1. The zero-order chi connectivity index (χ0) is 12.0. The smallest absolute Gasteiger partial charge is 0.147 e. The van der Waals surface area contributed by atoms with Gasteiger partial charge >= 0.3 is 0 Å². The van der Waals surface area contributed by atoms with Crippen LogP contribution in [0.3, 0.4) is 0 Å². The van der Waals surface area contributed by atoms with E-state index in [1.807, 2.05) is 6.07 Å². The van der Waals surface area contributed by atoms with Crippen LogP contribution >= 0.6 is 43.5 Å². The van der Waals surface area contributed by atoms with Gasteiger partial charge in [-0.05, 0) is 28.4 Å². The lowest BCUT2D eigenvalue weighted by Gasteiger charge is -2.23. The highest BCUT2D eigenvalue weighted by molar-refractivity contribution is 9.10. The SMILES string of the molecule is CCCCN(CCBr)c1ncc(Br)cc1Cl. The van der Waals surface area contributed by atoms with Crippen molar-refractivity contribution in [2.75, 3.05) is 23.3 Å². The molecule has 1 rings (SSSR count). The van der Waals surface area contributed by atoms with Crippen LogP contribution in [-0.4, -0.2) is 23.4 Å². The topological polar surface area (TPSA) is 16.1 Å². The lowest BCUT2D eigenvalue weighted by Crippen LogP contribution is -2.27. The molecule has 16 heavy (non-hydrogen) atoms. The number of halogens is 3. The number of anilines is 1. The highest BCUT2D eigenvalue weighted by atomic mass is 79.9. The fourth-order valence-electron chi connectivity index (χ4n) is 1.41. The number of nitrogens with zero attached hydrogens (tertiary/aromatic N) is 2. The van der Waals surface area contributed by atoms with Crippen molar-refractivity contribution in [2.45, 2.75) is 19.8 Å². The van der Waals surface area contributed by atoms with Crippen molar-refractivity contribution >= 4 is 49.3 Å². The van der Waals surface area contributed by atoms with Gasteiger partial charge in [-0.1, -0.05) is 40.9 Å². The molecule has 0 aliphatic heterocycles. The quantitative estimate of drug-likeness (QED) is 0.686. The molecule has 1 heterocycles. The zero-order valence-corrected chi connectivity index (χ0v) is 13.1. The molecule has 0 amide bonds. The Morgan fingerprint density at radius 3 is 2.75 bits per heavy atom. The van der Waals surface area contributed by atoms with E-state index in [4.69, 9.17) is 11.6 Å². The van der Waals surface area contributed by atoms with Crippen LogP contribution in [-0.2, 0) is 0 Å². The molecule has 0 aliphatic carbocycles. The predicted molar refractivity (Wildman–Crippen MR) is 77.9 cm³/mol. The van der Waals surface area contributed by atoms with Gasteiger partial charge in [-0.3, -0.25) is 0 Å². The molecule has 90 valence electrons. The number of hydrogen-bond acceptors (Lipinski definition) is 2. The van der Waals surface area contributed by atoms with Crippen molar-refractivity contribution in [3.05, 3.63) is 21.8 Å². The molecule has 0 saturated carbocycles. The van der Waals surface area contributed by atoms with Gasteiger partial charge in [0, 0.05) is 29.1 Å². The van der Waals surface area contributed by atoms with E-state index in [1.165, 1.54) is 6.42 Å². The Morgan fingerprint density at radius 2 is 2.19 bits per heavy atom. The largest absolute Gasteiger partial charge is 0.355 e. The van der Waals surface area contributed by atoms with Crippen LogP contribution in [0.15, 0.2) is 16.7 Å². The summed E-state index contributed by atoms with van der Waals surface area (Å²) in [5.74, 6) is 0.873. The Kier molecular flexibility index (Phi) is 6.70. The highest BCUT2D eigenvalue weighted by Crippen LogP contribution is 2.26. The van der Waals surface area contributed by atoms with Crippen LogP contribution in [0.4, 0.5) is 5.82 Å². The maximum absolute atomic E-state index is 6.19. The van der Waals surface area contributed by atoms with Crippen molar-refractivity contribution < 1.29 is 0 Å². The molecule has 0 fully saturated rings. The van der Waals surface area contributed by atoms with Crippen molar-refractivity contribution in [2.24, 2.45) is 0 Å². The van der Waals surface area contributed by atoms with E-state index in [2.05, 4.69) is 48.7 Å². The maximum atomic E-state index is 6.19.